The Labute approximate surface area is 121 Å². The first-order chi connectivity index (χ1) is 9.71. The van der Waals surface area contributed by atoms with Gasteiger partial charge in [0.15, 0.2) is 5.82 Å². The zero-order chi connectivity index (χ0) is 14.4. The second-order valence-corrected chi connectivity index (χ2v) is 5.01. The molecule has 0 amide bonds. The Hall–Kier alpha value is -1.77. The molecule has 2 aromatic rings. The third kappa shape index (κ3) is 4.12. The number of nitrogen functional groups attached to an aromatic ring is 1. The largest absolute Gasteiger partial charge is 0.374 e. The van der Waals surface area contributed by atoms with Crippen LogP contribution in [0.25, 0.3) is 0 Å². The lowest BCUT2D eigenvalue weighted by atomic mass is 10.4. The Kier molecular flexibility index (Phi) is 5.22. The number of hydrogen-bond acceptors (Lipinski definition) is 8. The number of rotatable bonds is 7. The highest BCUT2D eigenvalue weighted by atomic mass is 32.1. The van der Waals surface area contributed by atoms with Gasteiger partial charge in [0.1, 0.15) is 23.3 Å². The maximum atomic E-state index is 5.41. The van der Waals surface area contributed by atoms with Crippen LogP contribution in [0, 0.1) is 6.92 Å². The topological polar surface area (TPSA) is 98.0 Å². The Morgan fingerprint density at radius 2 is 2.10 bits per heavy atom. The SMILES string of the molecule is CCOCc1nc(NN)cc(NCc2nc(C)cs2)n1. The molecule has 108 valence electrons. The number of nitrogens with two attached hydrogens (primary N) is 1. The van der Waals surface area contributed by atoms with E-state index in [1.807, 2.05) is 19.2 Å². The van der Waals surface area contributed by atoms with Gasteiger partial charge in [-0.2, -0.15) is 0 Å². The molecule has 0 saturated carbocycles. The van der Waals surface area contributed by atoms with Crippen LogP contribution in [0.4, 0.5) is 11.6 Å². The number of hydrogen-bond donors (Lipinski definition) is 3. The molecule has 2 heterocycles. The predicted octanol–water partition coefficient (Wildman–Crippen LogP) is 1.68. The average Bonchev–Trinajstić information content (AvgIpc) is 2.88. The fourth-order valence-electron chi connectivity index (χ4n) is 1.57. The predicted molar refractivity (Wildman–Crippen MR) is 79.3 cm³/mol. The molecule has 0 aromatic carbocycles. The monoisotopic (exact) mass is 294 g/mol. The molecule has 20 heavy (non-hydrogen) atoms. The molecule has 2 aromatic heterocycles. The lowest BCUT2D eigenvalue weighted by Crippen LogP contribution is -2.13. The van der Waals surface area contributed by atoms with Crippen molar-refractivity contribution in [2.75, 3.05) is 17.3 Å². The van der Waals surface area contributed by atoms with E-state index in [1.165, 1.54) is 0 Å². The van der Waals surface area contributed by atoms with Crippen LogP contribution in [-0.4, -0.2) is 21.6 Å². The molecule has 0 aliphatic carbocycles. The van der Waals surface area contributed by atoms with Crippen molar-refractivity contribution in [2.24, 2.45) is 5.84 Å². The molecule has 0 radical (unpaired) electrons. The van der Waals surface area contributed by atoms with E-state index in [4.69, 9.17) is 10.6 Å². The molecule has 7 nitrogen and oxygen atoms in total. The summed E-state index contributed by atoms with van der Waals surface area (Å²) in [5, 5.41) is 6.24. The summed E-state index contributed by atoms with van der Waals surface area (Å²) in [5.41, 5.74) is 3.55. The molecule has 0 bridgehead atoms. The maximum absolute atomic E-state index is 5.41. The fourth-order valence-corrected chi connectivity index (χ4v) is 2.28. The fraction of sp³-hybridized carbons (Fsp3) is 0.417. The number of aromatic nitrogens is 3. The van der Waals surface area contributed by atoms with Gasteiger partial charge in [-0.25, -0.2) is 20.8 Å². The summed E-state index contributed by atoms with van der Waals surface area (Å²) in [6, 6.07) is 1.75. The Bertz CT molecular complexity index is 559. The normalized spacial score (nSPS) is 10.6. The molecule has 0 spiro atoms. The minimum atomic E-state index is 0.358. The molecular weight excluding hydrogens is 276 g/mol. The summed E-state index contributed by atoms with van der Waals surface area (Å²) < 4.78 is 5.31. The molecule has 4 N–H and O–H groups in total. The van der Waals surface area contributed by atoms with E-state index in [9.17, 15) is 0 Å². The Morgan fingerprint density at radius 1 is 1.30 bits per heavy atom. The van der Waals surface area contributed by atoms with Gasteiger partial charge in [-0.3, -0.25) is 0 Å². The third-order valence-electron chi connectivity index (χ3n) is 2.44. The number of anilines is 2. The number of hydrazine groups is 1. The van der Waals surface area contributed by atoms with Crippen molar-refractivity contribution in [3.63, 3.8) is 0 Å². The first-order valence-electron chi connectivity index (χ1n) is 6.28. The van der Waals surface area contributed by atoms with Gasteiger partial charge in [0.2, 0.25) is 0 Å². The lowest BCUT2D eigenvalue weighted by Gasteiger charge is -2.08. The van der Waals surface area contributed by atoms with Crippen molar-refractivity contribution in [2.45, 2.75) is 27.0 Å². The number of nitrogens with one attached hydrogen (secondary N) is 2. The van der Waals surface area contributed by atoms with Crippen molar-refractivity contribution >= 4 is 23.0 Å². The van der Waals surface area contributed by atoms with E-state index in [1.54, 1.807) is 17.4 Å². The quantitative estimate of drug-likeness (QED) is 0.528. The molecule has 8 heteroatoms. The first kappa shape index (κ1) is 14.6. The van der Waals surface area contributed by atoms with Crippen LogP contribution in [0.3, 0.4) is 0 Å². The summed E-state index contributed by atoms with van der Waals surface area (Å²) in [7, 11) is 0. The van der Waals surface area contributed by atoms with Crippen LogP contribution < -0.4 is 16.6 Å². The van der Waals surface area contributed by atoms with Gasteiger partial charge < -0.3 is 15.5 Å². The minimum absolute atomic E-state index is 0.358. The maximum Gasteiger partial charge on any atom is 0.158 e. The summed E-state index contributed by atoms with van der Waals surface area (Å²) in [5.74, 6) is 7.23. The van der Waals surface area contributed by atoms with Gasteiger partial charge in [-0.15, -0.1) is 11.3 Å². The molecule has 0 fully saturated rings. The molecular formula is C12H18N6OS. The van der Waals surface area contributed by atoms with E-state index in [0.29, 0.717) is 37.2 Å². The van der Waals surface area contributed by atoms with Gasteiger partial charge in [0, 0.05) is 23.7 Å². The second kappa shape index (κ2) is 7.13. The zero-order valence-corrected chi connectivity index (χ0v) is 12.3. The van der Waals surface area contributed by atoms with Crippen LogP contribution in [0.1, 0.15) is 23.4 Å². The van der Waals surface area contributed by atoms with Crippen LogP contribution in [-0.2, 0) is 17.9 Å². The van der Waals surface area contributed by atoms with Crippen LogP contribution in [0.2, 0.25) is 0 Å². The van der Waals surface area contributed by atoms with Crippen LogP contribution >= 0.6 is 11.3 Å². The van der Waals surface area contributed by atoms with Gasteiger partial charge in [-0.05, 0) is 13.8 Å². The zero-order valence-electron chi connectivity index (χ0n) is 11.5. The average molecular weight is 294 g/mol. The smallest absolute Gasteiger partial charge is 0.158 e. The Morgan fingerprint density at radius 3 is 2.75 bits per heavy atom. The van der Waals surface area contributed by atoms with E-state index < -0.39 is 0 Å². The van der Waals surface area contributed by atoms with E-state index in [-0.39, 0.29) is 0 Å². The highest BCUT2D eigenvalue weighted by molar-refractivity contribution is 7.09. The van der Waals surface area contributed by atoms with Crippen molar-refractivity contribution in [1.29, 1.82) is 0 Å². The van der Waals surface area contributed by atoms with Crippen molar-refractivity contribution in [1.82, 2.24) is 15.0 Å². The summed E-state index contributed by atoms with van der Waals surface area (Å²) in [6.45, 7) is 5.49. The molecule has 0 aliphatic rings. The van der Waals surface area contributed by atoms with Gasteiger partial charge in [0.25, 0.3) is 0 Å². The van der Waals surface area contributed by atoms with Crippen molar-refractivity contribution < 1.29 is 4.74 Å². The standard InChI is InChI=1S/C12H18N6OS/c1-3-19-6-11-16-9(4-10(17-11)18-13)14-5-12-15-8(2)7-20-12/h4,7H,3,5-6,13H2,1-2H3,(H2,14,16,17,18). The third-order valence-corrected chi connectivity index (χ3v) is 3.41. The summed E-state index contributed by atoms with van der Waals surface area (Å²) in [4.78, 5) is 13.0. The van der Waals surface area contributed by atoms with Crippen LogP contribution in [0.15, 0.2) is 11.4 Å². The molecule has 0 aliphatic heterocycles. The number of thiazole rings is 1. The highest BCUT2D eigenvalue weighted by Gasteiger charge is 2.05. The van der Waals surface area contributed by atoms with Gasteiger partial charge in [0.05, 0.1) is 6.54 Å². The molecule has 2 rings (SSSR count). The highest BCUT2D eigenvalue weighted by Crippen LogP contribution is 2.14. The van der Waals surface area contributed by atoms with E-state index >= 15 is 0 Å². The van der Waals surface area contributed by atoms with Crippen molar-refractivity contribution in [3.05, 3.63) is 28.0 Å². The summed E-state index contributed by atoms with van der Waals surface area (Å²) >= 11 is 1.61. The second-order valence-electron chi connectivity index (χ2n) is 4.07. The lowest BCUT2D eigenvalue weighted by molar-refractivity contribution is 0.128. The van der Waals surface area contributed by atoms with Gasteiger partial charge >= 0.3 is 0 Å². The number of aryl methyl sites for hydroxylation is 1. The number of nitrogens with zero attached hydrogens (tertiary/aromatic N) is 3. The van der Waals surface area contributed by atoms with E-state index in [2.05, 4.69) is 25.7 Å². The first-order valence-corrected chi connectivity index (χ1v) is 7.16. The van der Waals surface area contributed by atoms with Crippen LogP contribution in [0.5, 0.6) is 0 Å². The van der Waals surface area contributed by atoms with Gasteiger partial charge in [-0.1, -0.05) is 0 Å². The molecule has 0 unspecified atom stereocenters. The van der Waals surface area contributed by atoms with Crippen molar-refractivity contribution in [3.8, 4) is 0 Å². The number of ether oxygens (including phenoxy) is 1. The molecule has 0 atom stereocenters. The minimum Gasteiger partial charge on any atom is -0.374 e. The van der Waals surface area contributed by atoms with E-state index in [0.717, 1.165) is 10.7 Å². The molecule has 0 saturated heterocycles. The Balaban J connectivity index is 2.05. The summed E-state index contributed by atoms with van der Waals surface area (Å²) in [6.07, 6.45) is 0.